The lowest BCUT2D eigenvalue weighted by Gasteiger charge is -2.10. The fraction of sp³-hybridized carbons (Fsp3) is 0.263. The van der Waals surface area contributed by atoms with E-state index >= 15 is 0 Å². The van der Waals surface area contributed by atoms with Crippen LogP contribution in [0.1, 0.15) is 41.0 Å². The number of carbonyl (C=O) groups is 2. The van der Waals surface area contributed by atoms with Gasteiger partial charge in [0.2, 0.25) is 0 Å². The van der Waals surface area contributed by atoms with Gasteiger partial charge in [0.25, 0.3) is 11.8 Å². The molecule has 2 aromatic carbocycles. The Morgan fingerprint density at radius 3 is 2.32 bits per heavy atom. The lowest BCUT2D eigenvalue weighted by molar-refractivity contribution is 0.0952. The largest absolute Gasteiger partial charge is 0.352 e. The summed E-state index contributed by atoms with van der Waals surface area (Å²) in [6.45, 7) is 4.79. The Hall–Kier alpha value is -2.04. The molecule has 132 valence electrons. The van der Waals surface area contributed by atoms with Gasteiger partial charge in [0, 0.05) is 17.7 Å². The normalized spacial score (nSPS) is 10.6. The Labute approximate surface area is 157 Å². The second kappa shape index (κ2) is 8.88. The van der Waals surface area contributed by atoms with E-state index in [9.17, 15) is 9.59 Å². The van der Waals surface area contributed by atoms with Gasteiger partial charge in [-0.2, -0.15) is 0 Å². The third-order valence-corrected chi connectivity index (χ3v) is 4.41. The topological polar surface area (TPSA) is 58.2 Å². The van der Waals surface area contributed by atoms with Crippen LogP contribution in [0.2, 0.25) is 10.0 Å². The summed E-state index contributed by atoms with van der Waals surface area (Å²) in [5.74, 6) is -0.0445. The number of rotatable bonds is 6. The smallest absolute Gasteiger partial charge is 0.255 e. The van der Waals surface area contributed by atoms with Gasteiger partial charge in [0.1, 0.15) is 0 Å². The van der Waals surface area contributed by atoms with Crippen LogP contribution in [0.25, 0.3) is 0 Å². The Morgan fingerprint density at radius 2 is 1.64 bits per heavy atom. The van der Waals surface area contributed by atoms with Crippen molar-refractivity contribution in [3.63, 3.8) is 0 Å². The van der Waals surface area contributed by atoms with Crippen LogP contribution < -0.4 is 10.6 Å². The molecule has 0 spiro atoms. The molecule has 0 fully saturated rings. The highest BCUT2D eigenvalue weighted by Gasteiger charge is 2.13. The molecule has 0 aliphatic carbocycles. The van der Waals surface area contributed by atoms with E-state index in [2.05, 4.69) is 24.5 Å². The number of nitrogens with one attached hydrogen (secondary N) is 2. The highest BCUT2D eigenvalue weighted by molar-refractivity contribution is 6.44. The second-order valence-electron chi connectivity index (χ2n) is 6.07. The molecule has 25 heavy (non-hydrogen) atoms. The number of carbonyl (C=O) groups excluding carboxylic acids is 2. The van der Waals surface area contributed by atoms with Gasteiger partial charge in [-0.25, -0.2) is 0 Å². The van der Waals surface area contributed by atoms with E-state index < -0.39 is 0 Å². The number of amides is 2. The summed E-state index contributed by atoms with van der Waals surface area (Å²) in [6.07, 6.45) is 0.902. The maximum atomic E-state index is 12.4. The van der Waals surface area contributed by atoms with E-state index in [-0.39, 0.29) is 16.8 Å². The summed E-state index contributed by atoms with van der Waals surface area (Å²) in [7, 11) is 0. The highest BCUT2D eigenvalue weighted by atomic mass is 35.5. The summed E-state index contributed by atoms with van der Waals surface area (Å²) < 4.78 is 0. The summed E-state index contributed by atoms with van der Waals surface area (Å²) in [5, 5.41) is 6.19. The van der Waals surface area contributed by atoms with Crippen molar-refractivity contribution in [3.8, 4) is 0 Å². The van der Waals surface area contributed by atoms with Gasteiger partial charge < -0.3 is 10.6 Å². The number of benzene rings is 2. The zero-order valence-electron chi connectivity index (χ0n) is 14.1. The molecule has 0 aliphatic heterocycles. The van der Waals surface area contributed by atoms with Crippen LogP contribution >= 0.6 is 23.2 Å². The Balaban J connectivity index is 2.08. The molecule has 0 heterocycles. The van der Waals surface area contributed by atoms with Crippen molar-refractivity contribution in [2.24, 2.45) is 5.92 Å². The summed E-state index contributed by atoms with van der Waals surface area (Å²) in [4.78, 5) is 24.6. The van der Waals surface area contributed by atoms with E-state index in [0.717, 1.165) is 6.42 Å². The van der Waals surface area contributed by atoms with Crippen LogP contribution in [0, 0.1) is 5.92 Å². The molecule has 0 aromatic heterocycles. The zero-order valence-corrected chi connectivity index (χ0v) is 15.6. The van der Waals surface area contributed by atoms with Gasteiger partial charge in [0.15, 0.2) is 0 Å². The van der Waals surface area contributed by atoms with Gasteiger partial charge in [-0.3, -0.25) is 9.59 Å². The van der Waals surface area contributed by atoms with E-state index in [1.165, 1.54) is 0 Å². The minimum Gasteiger partial charge on any atom is -0.352 e. The van der Waals surface area contributed by atoms with Crippen LogP contribution in [0.4, 0.5) is 5.69 Å². The van der Waals surface area contributed by atoms with Crippen molar-refractivity contribution in [2.45, 2.75) is 20.3 Å². The molecule has 2 N–H and O–H groups in total. The predicted octanol–water partition coefficient (Wildman–Crippen LogP) is 5.02. The third kappa shape index (κ3) is 5.48. The molecule has 2 rings (SSSR count). The Bertz CT molecular complexity index is 776. The maximum absolute atomic E-state index is 12.4. The van der Waals surface area contributed by atoms with Gasteiger partial charge in [-0.05, 0) is 42.7 Å². The maximum Gasteiger partial charge on any atom is 0.255 e. The van der Waals surface area contributed by atoms with Gasteiger partial charge in [0.05, 0.1) is 15.7 Å². The summed E-state index contributed by atoms with van der Waals surface area (Å²) >= 11 is 12.0. The van der Waals surface area contributed by atoms with E-state index in [1.807, 2.05) is 0 Å². The summed E-state index contributed by atoms with van der Waals surface area (Å²) in [5.41, 5.74) is 1.23. The summed E-state index contributed by atoms with van der Waals surface area (Å²) in [6, 6.07) is 11.5. The van der Waals surface area contributed by atoms with Crippen LogP contribution in [-0.4, -0.2) is 18.4 Å². The van der Waals surface area contributed by atoms with Gasteiger partial charge >= 0.3 is 0 Å². The van der Waals surface area contributed by atoms with Gasteiger partial charge in [-0.1, -0.05) is 49.2 Å². The van der Waals surface area contributed by atoms with Crippen molar-refractivity contribution >= 4 is 40.7 Å². The molecule has 4 nitrogen and oxygen atoms in total. The standard InChI is InChI=1S/C19H20Cl2N2O2/c1-12(2)9-10-22-18(24)13-5-3-6-14(11-13)19(25)23-16-8-4-7-15(20)17(16)21/h3-8,11-12H,9-10H2,1-2H3,(H,22,24)(H,23,25). The van der Waals surface area contributed by atoms with Crippen molar-refractivity contribution in [3.05, 3.63) is 63.6 Å². The predicted molar refractivity (Wildman–Crippen MR) is 103 cm³/mol. The molecular formula is C19H20Cl2N2O2. The quantitative estimate of drug-likeness (QED) is 0.740. The van der Waals surface area contributed by atoms with Crippen molar-refractivity contribution in [2.75, 3.05) is 11.9 Å². The molecule has 2 amide bonds. The van der Waals surface area contributed by atoms with E-state index in [4.69, 9.17) is 23.2 Å². The molecule has 0 radical (unpaired) electrons. The molecule has 0 bridgehead atoms. The Morgan fingerprint density at radius 1 is 1.00 bits per heavy atom. The molecule has 0 atom stereocenters. The minimum absolute atomic E-state index is 0.198. The molecule has 6 heteroatoms. The van der Waals surface area contributed by atoms with Crippen molar-refractivity contribution in [1.82, 2.24) is 5.32 Å². The molecular weight excluding hydrogens is 359 g/mol. The van der Waals surface area contributed by atoms with Crippen LogP contribution in [0.15, 0.2) is 42.5 Å². The number of anilines is 1. The zero-order chi connectivity index (χ0) is 18.4. The third-order valence-electron chi connectivity index (χ3n) is 3.59. The lowest BCUT2D eigenvalue weighted by Crippen LogP contribution is -2.25. The Kier molecular flexibility index (Phi) is 6.85. The second-order valence-corrected chi connectivity index (χ2v) is 6.86. The monoisotopic (exact) mass is 378 g/mol. The first-order valence-electron chi connectivity index (χ1n) is 8.02. The number of hydrogen-bond donors (Lipinski definition) is 2. The fourth-order valence-electron chi connectivity index (χ4n) is 2.17. The van der Waals surface area contributed by atoms with Gasteiger partial charge in [-0.15, -0.1) is 0 Å². The average molecular weight is 379 g/mol. The first-order valence-corrected chi connectivity index (χ1v) is 8.77. The van der Waals surface area contributed by atoms with E-state index in [0.29, 0.717) is 34.3 Å². The molecule has 0 unspecified atom stereocenters. The first-order chi connectivity index (χ1) is 11.9. The van der Waals surface area contributed by atoms with Crippen LogP contribution in [0.5, 0.6) is 0 Å². The van der Waals surface area contributed by atoms with E-state index in [1.54, 1.807) is 42.5 Å². The fourth-order valence-corrected chi connectivity index (χ4v) is 2.52. The molecule has 0 saturated heterocycles. The lowest BCUT2D eigenvalue weighted by atomic mass is 10.1. The molecule has 0 aliphatic rings. The van der Waals surface area contributed by atoms with Crippen molar-refractivity contribution < 1.29 is 9.59 Å². The van der Waals surface area contributed by atoms with Crippen molar-refractivity contribution in [1.29, 1.82) is 0 Å². The minimum atomic E-state index is -0.360. The molecule has 0 saturated carbocycles. The highest BCUT2D eigenvalue weighted by Crippen LogP contribution is 2.29. The number of halogens is 2. The average Bonchev–Trinajstić information content (AvgIpc) is 2.58. The SMILES string of the molecule is CC(C)CCNC(=O)c1cccc(C(=O)Nc2cccc(Cl)c2Cl)c1. The van der Waals surface area contributed by atoms with Crippen LogP contribution in [-0.2, 0) is 0 Å². The number of hydrogen-bond acceptors (Lipinski definition) is 2. The molecule has 2 aromatic rings. The first kappa shape index (κ1) is 19.3. The van der Waals surface area contributed by atoms with Crippen LogP contribution in [0.3, 0.4) is 0 Å².